The Balaban J connectivity index is 1.31. The first-order valence-electron chi connectivity index (χ1n) is 9.42. The molecular formula is C20H26N4O. The Hall–Kier alpha value is -2.14. The smallest absolute Gasteiger partial charge is 0.251 e. The SMILES string of the molecule is O=C(NCCCn1nccc1C1CC1)c1ccccc1[C@H]1CCNC1. The standard InChI is InChI=1S/C20H26N4O/c25-20(18-5-2-1-4-17(18)16-8-11-21-14-16)22-10-3-13-24-19(9-12-23-24)15-6-7-15/h1-2,4-5,9,12,15-16,21H,3,6-8,10-11,13-14H2,(H,22,25)/t16-/m0/s1. The second-order valence-corrected chi connectivity index (χ2v) is 7.14. The van der Waals surface area contributed by atoms with Crippen molar-refractivity contribution >= 4 is 5.91 Å². The molecule has 1 aromatic carbocycles. The van der Waals surface area contributed by atoms with Crippen LogP contribution in [-0.2, 0) is 6.54 Å². The molecule has 132 valence electrons. The molecule has 0 spiro atoms. The highest BCUT2D eigenvalue weighted by Crippen LogP contribution is 2.39. The predicted octanol–water partition coefficient (Wildman–Crippen LogP) is 2.66. The van der Waals surface area contributed by atoms with Gasteiger partial charge in [0.2, 0.25) is 0 Å². The number of carbonyl (C=O) groups is 1. The molecule has 1 amide bonds. The van der Waals surface area contributed by atoms with Crippen LogP contribution in [0.2, 0.25) is 0 Å². The fourth-order valence-corrected chi connectivity index (χ4v) is 3.76. The molecule has 0 radical (unpaired) electrons. The summed E-state index contributed by atoms with van der Waals surface area (Å²) in [6, 6.07) is 10.1. The van der Waals surface area contributed by atoms with Crippen LogP contribution in [0, 0.1) is 0 Å². The number of benzene rings is 1. The number of aromatic nitrogens is 2. The van der Waals surface area contributed by atoms with Gasteiger partial charge in [0.05, 0.1) is 0 Å². The fraction of sp³-hybridized carbons (Fsp3) is 0.500. The summed E-state index contributed by atoms with van der Waals surface area (Å²) in [5.74, 6) is 1.21. The largest absolute Gasteiger partial charge is 0.352 e. The van der Waals surface area contributed by atoms with Crippen molar-refractivity contribution < 1.29 is 4.79 Å². The lowest BCUT2D eigenvalue weighted by molar-refractivity contribution is 0.0951. The molecule has 1 saturated carbocycles. The third kappa shape index (κ3) is 3.76. The van der Waals surface area contributed by atoms with E-state index in [0.717, 1.165) is 38.0 Å². The second-order valence-electron chi connectivity index (χ2n) is 7.14. The molecule has 2 fully saturated rings. The van der Waals surface area contributed by atoms with Crippen molar-refractivity contribution in [3.8, 4) is 0 Å². The topological polar surface area (TPSA) is 59.0 Å². The molecule has 1 saturated heterocycles. The number of nitrogens with zero attached hydrogens (tertiary/aromatic N) is 2. The molecule has 1 atom stereocenters. The summed E-state index contributed by atoms with van der Waals surface area (Å²) in [5.41, 5.74) is 3.35. The van der Waals surface area contributed by atoms with Crippen molar-refractivity contribution in [3.05, 3.63) is 53.3 Å². The third-order valence-corrected chi connectivity index (χ3v) is 5.28. The monoisotopic (exact) mass is 338 g/mol. The Morgan fingerprint density at radius 1 is 1.20 bits per heavy atom. The Morgan fingerprint density at radius 2 is 2.08 bits per heavy atom. The van der Waals surface area contributed by atoms with Crippen LogP contribution in [0.25, 0.3) is 0 Å². The molecule has 1 aliphatic heterocycles. The highest BCUT2D eigenvalue weighted by atomic mass is 16.1. The van der Waals surface area contributed by atoms with Gasteiger partial charge in [0.25, 0.3) is 5.91 Å². The summed E-state index contributed by atoms with van der Waals surface area (Å²) in [7, 11) is 0. The lowest BCUT2D eigenvalue weighted by atomic mass is 9.93. The van der Waals surface area contributed by atoms with Gasteiger partial charge in [-0.25, -0.2) is 0 Å². The summed E-state index contributed by atoms with van der Waals surface area (Å²) in [5, 5.41) is 10.9. The zero-order valence-corrected chi connectivity index (χ0v) is 14.6. The van der Waals surface area contributed by atoms with Crippen LogP contribution in [0.15, 0.2) is 36.5 Å². The molecule has 2 aliphatic rings. The van der Waals surface area contributed by atoms with E-state index in [2.05, 4.69) is 32.5 Å². The van der Waals surface area contributed by atoms with Gasteiger partial charge in [0.15, 0.2) is 0 Å². The number of aryl methyl sites for hydroxylation is 1. The van der Waals surface area contributed by atoms with E-state index in [4.69, 9.17) is 0 Å². The summed E-state index contributed by atoms with van der Waals surface area (Å²) in [6.07, 6.45) is 6.47. The quantitative estimate of drug-likeness (QED) is 0.763. The average Bonchev–Trinajstić information content (AvgIpc) is 3.14. The zero-order chi connectivity index (χ0) is 17.1. The van der Waals surface area contributed by atoms with Crippen LogP contribution in [0.5, 0.6) is 0 Å². The molecule has 1 aliphatic carbocycles. The minimum atomic E-state index is 0.0466. The van der Waals surface area contributed by atoms with Gasteiger partial charge in [-0.2, -0.15) is 5.10 Å². The second kappa shape index (κ2) is 7.40. The maximum Gasteiger partial charge on any atom is 0.251 e. The van der Waals surface area contributed by atoms with Crippen LogP contribution in [0.1, 0.15) is 59.1 Å². The first-order chi connectivity index (χ1) is 12.3. The van der Waals surface area contributed by atoms with Crippen LogP contribution >= 0.6 is 0 Å². The Labute approximate surface area is 148 Å². The van der Waals surface area contributed by atoms with Crippen LogP contribution in [0.3, 0.4) is 0 Å². The van der Waals surface area contributed by atoms with Gasteiger partial charge in [-0.15, -0.1) is 0 Å². The van der Waals surface area contributed by atoms with Crippen molar-refractivity contribution in [2.75, 3.05) is 19.6 Å². The molecule has 2 aromatic rings. The predicted molar refractivity (Wildman–Crippen MR) is 97.8 cm³/mol. The summed E-state index contributed by atoms with van der Waals surface area (Å²) < 4.78 is 2.10. The lowest BCUT2D eigenvalue weighted by Crippen LogP contribution is -2.27. The van der Waals surface area contributed by atoms with Gasteiger partial charge in [-0.05, 0) is 55.8 Å². The van der Waals surface area contributed by atoms with Crippen molar-refractivity contribution in [2.45, 2.75) is 44.1 Å². The Morgan fingerprint density at radius 3 is 2.88 bits per heavy atom. The maximum absolute atomic E-state index is 12.6. The van der Waals surface area contributed by atoms with Crippen molar-refractivity contribution in [2.24, 2.45) is 0 Å². The van der Waals surface area contributed by atoms with Gasteiger partial charge >= 0.3 is 0 Å². The van der Waals surface area contributed by atoms with Crippen LogP contribution in [-0.4, -0.2) is 35.3 Å². The van der Waals surface area contributed by atoms with Gasteiger partial charge in [0.1, 0.15) is 0 Å². The number of carbonyl (C=O) groups excluding carboxylic acids is 1. The van der Waals surface area contributed by atoms with E-state index in [0.29, 0.717) is 18.4 Å². The number of amides is 1. The fourth-order valence-electron chi connectivity index (χ4n) is 3.76. The molecular weight excluding hydrogens is 312 g/mol. The highest BCUT2D eigenvalue weighted by molar-refractivity contribution is 5.95. The van der Waals surface area contributed by atoms with Gasteiger partial charge < -0.3 is 10.6 Å². The highest BCUT2D eigenvalue weighted by Gasteiger charge is 2.26. The molecule has 25 heavy (non-hydrogen) atoms. The van der Waals surface area contributed by atoms with Crippen molar-refractivity contribution in [1.29, 1.82) is 0 Å². The first-order valence-corrected chi connectivity index (χ1v) is 9.42. The molecule has 2 heterocycles. The Bertz CT molecular complexity index is 729. The molecule has 0 bridgehead atoms. The molecule has 2 N–H and O–H groups in total. The number of hydrogen-bond donors (Lipinski definition) is 2. The van der Waals surface area contributed by atoms with E-state index in [1.165, 1.54) is 24.1 Å². The van der Waals surface area contributed by atoms with Crippen LogP contribution < -0.4 is 10.6 Å². The minimum absolute atomic E-state index is 0.0466. The van der Waals surface area contributed by atoms with Gasteiger partial charge in [-0.1, -0.05) is 18.2 Å². The van der Waals surface area contributed by atoms with E-state index in [9.17, 15) is 4.79 Å². The molecule has 1 aromatic heterocycles. The van der Waals surface area contributed by atoms with E-state index < -0.39 is 0 Å². The molecule has 4 rings (SSSR count). The van der Waals surface area contributed by atoms with E-state index in [-0.39, 0.29) is 5.91 Å². The van der Waals surface area contributed by atoms with E-state index in [1.54, 1.807) is 0 Å². The van der Waals surface area contributed by atoms with Crippen molar-refractivity contribution in [3.63, 3.8) is 0 Å². The third-order valence-electron chi connectivity index (χ3n) is 5.28. The molecule has 5 nitrogen and oxygen atoms in total. The summed E-state index contributed by atoms with van der Waals surface area (Å²) in [6.45, 7) is 3.55. The normalized spacial score (nSPS) is 19.9. The summed E-state index contributed by atoms with van der Waals surface area (Å²) in [4.78, 5) is 12.6. The van der Waals surface area contributed by atoms with E-state index >= 15 is 0 Å². The van der Waals surface area contributed by atoms with Gasteiger partial charge in [0, 0.05) is 43.0 Å². The maximum atomic E-state index is 12.6. The van der Waals surface area contributed by atoms with Crippen molar-refractivity contribution in [1.82, 2.24) is 20.4 Å². The zero-order valence-electron chi connectivity index (χ0n) is 14.6. The Kier molecular flexibility index (Phi) is 4.83. The minimum Gasteiger partial charge on any atom is -0.352 e. The number of nitrogens with one attached hydrogen (secondary N) is 2. The number of rotatable bonds is 7. The van der Waals surface area contributed by atoms with Gasteiger partial charge in [-0.3, -0.25) is 9.48 Å². The first kappa shape index (κ1) is 16.3. The van der Waals surface area contributed by atoms with E-state index in [1.807, 2.05) is 24.4 Å². The average molecular weight is 338 g/mol. The molecule has 0 unspecified atom stereocenters. The lowest BCUT2D eigenvalue weighted by Gasteiger charge is -2.15. The molecule has 5 heteroatoms. The summed E-state index contributed by atoms with van der Waals surface area (Å²) >= 11 is 0. The number of hydrogen-bond acceptors (Lipinski definition) is 3. The van der Waals surface area contributed by atoms with Crippen LogP contribution in [0.4, 0.5) is 0 Å².